The Labute approximate surface area is 117 Å². The first kappa shape index (κ1) is 14.3. The molecule has 1 aliphatic rings. The van der Waals surface area contributed by atoms with E-state index in [1.807, 2.05) is 29.2 Å². The van der Waals surface area contributed by atoms with Crippen molar-refractivity contribution in [1.29, 1.82) is 0 Å². The molecule has 2 rings (SSSR count). The van der Waals surface area contributed by atoms with Crippen LogP contribution in [0.15, 0.2) is 24.3 Å². The topological polar surface area (TPSA) is 86.9 Å². The van der Waals surface area contributed by atoms with Crippen LogP contribution in [0.25, 0.3) is 0 Å². The van der Waals surface area contributed by atoms with E-state index in [2.05, 4.69) is 0 Å². The number of carboxylic acids is 1. The van der Waals surface area contributed by atoms with Crippen molar-refractivity contribution in [1.82, 2.24) is 4.90 Å². The summed E-state index contributed by atoms with van der Waals surface area (Å²) in [4.78, 5) is 26.1. The standard InChI is InChI=1S/C14H19N3O3/c1-16-6-7-17(9-13(16)18)11-4-2-10(3-5-11)8-12(15)14(19)20/h2-5,12H,6-9,15H2,1H3,(H,19,20). The maximum atomic E-state index is 11.7. The molecular weight excluding hydrogens is 258 g/mol. The third-order valence-corrected chi connectivity index (χ3v) is 3.53. The maximum absolute atomic E-state index is 11.7. The Balaban J connectivity index is 2.01. The van der Waals surface area contributed by atoms with Gasteiger partial charge in [-0.3, -0.25) is 9.59 Å². The van der Waals surface area contributed by atoms with Gasteiger partial charge in [-0.1, -0.05) is 12.1 Å². The summed E-state index contributed by atoms with van der Waals surface area (Å²) >= 11 is 0. The molecule has 0 aromatic heterocycles. The fraction of sp³-hybridized carbons (Fsp3) is 0.429. The van der Waals surface area contributed by atoms with Crippen LogP contribution in [-0.2, 0) is 16.0 Å². The zero-order valence-electron chi connectivity index (χ0n) is 11.5. The third kappa shape index (κ3) is 3.27. The lowest BCUT2D eigenvalue weighted by Gasteiger charge is -2.33. The number of carbonyl (C=O) groups is 2. The Morgan fingerprint density at radius 3 is 2.55 bits per heavy atom. The largest absolute Gasteiger partial charge is 0.480 e. The van der Waals surface area contributed by atoms with Gasteiger partial charge in [0.05, 0.1) is 6.54 Å². The second kappa shape index (κ2) is 5.92. The number of nitrogens with zero attached hydrogens (tertiary/aromatic N) is 2. The van der Waals surface area contributed by atoms with Crippen LogP contribution in [0, 0.1) is 0 Å². The highest BCUT2D eigenvalue weighted by Crippen LogP contribution is 2.18. The van der Waals surface area contributed by atoms with E-state index < -0.39 is 12.0 Å². The van der Waals surface area contributed by atoms with Crippen LogP contribution >= 0.6 is 0 Å². The van der Waals surface area contributed by atoms with E-state index in [0.29, 0.717) is 19.5 Å². The van der Waals surface area contributed by atoms with Gasteiger partial charge in [0.15, 0.2) is 0 Å². The number of nitrogens with two attached hydrogens (primary N) is 1. The van der Waals surface area contributed by atoms with Crippen LogP contribution in [0.4, 0.5) is 5.69 Å². The molecule has 1 fully saturated rings. The maximum Gasteiger partial charge on any atom is 0.320 e. The van der Waals surface area contributed by atoms with Gasteiger partial charge in [-0.25, -0.2) is 0 Å². The summed E-state index contributed by atoms with van der Waals surface area (Å²) in [5.74, 6) is -0.896. The molecule has 0 aliphatic carbocycles. The van der Waals surface area contributed by atoms with E-state index >= 15 is 0 Å². The van der Waals surface area contributed by atoms with Crippen LogP contribution in [0.5, 0.6) is 0 Å². The summed E-state index contributed by atoms with van der Waals surface area (Å²) < 4.78 is 0. The number of aliphatic carboxylic acids is 1. The first-order valence-electron chi connectivity index (χ1n) is 6.53. The normalized spacial score (nSPS) is 17.2. The Kier molecular flexibility index (Phi) is 4.24. The highest BCUT2D eigenvalue weighted by atomic mass is 16.4. The molecule has 1 amide bonds. The zero-order valence-corrected chi connectivity index (χ0v) is 11.5. The third-order valence-electron chi connectivity index (χ3n) is 3.53. The van der Waals surface area contributed by atoms with Crippen LogP contribution in [0.3, 0.4) is 0 Å². The molecule has 20 heavy (non-hydrogen) atoms. The molecule has 3 N–H and O–H groups in total. The quantitative estimate of drug-likeness (QED) is 0.804. The molecule has 6 heteroatoms. The lowest BCUT2D eigenvalue weighted by atomic mass is 10.1. The fourth-order valence-electron chi connectivity index (χ4n) is 2.16. The first-order chi connectivity index (χ1) is 9.47. The van der Waals surface area contributed by atoms with E-state index in [4.69, 9.17) is 10.8 Å². The van der Waals surface area contributed by atoms with Gasteiger partial charge in [0.1, 0.15) is 6.04 Å². The molecule has 0 spiro atoms. The Bertz CT molecular complexity index is 501. The van der Waals surface area contributed by atoms with Gasteiger partial charge in [0.25, 0.3) is 0 Å². The minimum Gasteiger partial charge on any atom is -0.480 e. The van der Waals surface area contributed by atoms with E-state index in [-0.39, 0.29) is 5.91 Å². The van der Waals surface area contributed by atoms with Crippen molar-refractivity contribution in [2.45, 2.75) is 12.5 Å². The number of anilines is 1. The molecule has 0 bridgehead atoms. The molecule has 1 aliphatic heterocycles. The minimum absolute atomic E-state index is 0.105. The van der Waals surface area contributed by atoms with Crippen molar-refractivity contribution >= 4 is 17.6 Å². The Hall–Kier alpha value is -2.08. The van der Waals surface area contributed by atoms with Crippen molar-refractivity contribution in [2.24, 2.45) is 5.73 Å². The van der Waals surface area contributed by atoms with Gasteiger partial charge >= 0.3 is 5.97 Å². The van der Waals surface area contributed by atoms with Crippen molar-refractivity contribution < 1.29 is 14.7 Å². The van der Waals surface area contributed by atoms with E-state index in [0.717, 1.165) is 17.8 Å². The Morgan fingerprint density at radius 2 is 2.00 bits per heavy atom. The van der Waals surface area contributed by atoms with Crippen LogP contribution < -0.4 is 10.6 Å². The number of carbonyl (C=O) groups excluding carboxylic acids is 1. The minimum atomic E-state index is -1.00. The second-order valence-corrected chi connectivity index (χ2v) is 5.05. The van der Waals surface area contributed by atoms with Crippen molar-refractivity contribution in [3.05, 3.63) is 29.8 Å². The summed E-state index contributed by atoms with van der Waals surface area (Å²) in [6.07, 6.45) is 0.303. The fourth-order valence-corrected chi connectivity index (χ4v) is 2.16. The molecule has 1 heterocycles. The molecule has 6 nitrogen and oxygen atoms in total. The monoisotopic (exact) mass is 277 g/mol. The number of hydrogen-bond acceptors (Lipinski definition) is 4. The first-order valence-corrected chi connectivity index (χ1v) is 6.53. The number of carboxylic acid groups (broad SMARTS) is 1. The van der Waals surface area contributed by atoms with Crippen molar-refractivity contribution in [3.8, 4) is 0 Å². The number of benzene rings is 1. The average Bonchev–Trinajstić information content (AvgIpc) is 2.42. The molecule has 0 radical (unpaired) electrons. The molecule has 1 saturated heterocycles. The van der Waals surface area contributed by atoms with Crippen LogP contribution in [0.1, 0.15) is 5.56 Å². The summed E-state index contributed by atoms with van der Waals surface area (Å²) in [5.41, 5.74) is 7.35. The van der Waals surface area contributed by atoms with Crippen LogP contribution in [0.2, 0.25) is 0 Å². The average molecular weight is 277 g/mol. The van der Waals surface area contributed by atoms with Gasteiger partial charge in [-0.05, 0) is 24.1 Å². The molecular formula is C14H19N3O3. The molecule has 1 atom stereocenters. The lowest BCUT2D eigenvalue weighted by Crippen LogP contribution is -2.48. The van der Waals surface area contributed by atoms with Gasteiger partial charge < -0.3 is 20.6 Å². The van der Waals surface area contributed by atoms with Gasteiger partial charge in [0.2, 0.25) is 5.91 Å². The second-order valence-electron chi connectivity index (χ2n) is 5.05. The number of rotatable bonds is 4. The van der Waals surface area contributed by atoms with E-state index in [9.17, 15) is 9.59 Å². The van der Waals surface area contributed by atoms with Crippen molar-refractivity contribution in [2.75, 3.05) is 31.6 Å². The highest BCUT2D eigenvalue weighted by molar-refractivity contribution is 5.82. The predicted octanol–water partition coefficient (Wildman–Crippen LogP) is -0.0806. The number of amides is 1. The molecule has 108 valence electrons. The highest BCUT2D eigenvalue weighted by Gasteiger charge is 2.21. The number of piperazine rings is 1. The number of likely N-dealkylation sites (N-methyl/N-ethyl adjacent to an activating group) is 1. The molecule has 1 unspecified atom stereocenters. The number of hydrogen-bond donors (Lipinski definition) is 2. The van der Waals surface area contributed by atoms with E-state index in [1.165, 1.54) is 0 Å². The summed E-state index contributed by atoms with van der Waals surface area (Å²) in [6.45, 7) is 1.89. The molecule has 0 saturated carbocycles. The Morgan fingerprint density at radius 1 is 1.35 bits per heavy atom. The predicted molar refractivity (Wildman–Crippen MR) is 75.6 cm³/mol. The molecule has 1 aromatic rings. The summed E-state index contributed by atoms with van der Waals surface area (Å²) in [6, 6.07) is 6.65. The van der Waals surface area contributed by atoms with Gasteiger partial charge in [-0.15, -0.1) is 0 Å². The zero-order chi connectivity index (χ0) is 14.7. The van der Waals surface area contributed by atoms with Crippen LogP contribution in [-0.4, -0.2) is 54.6 Å². The smallest absolute Gasteiger partial charge is 0.320 e. The lowest BCUT2D eigenvalue weighted by molar-refractivity contribution is -0.138. The van der Waals surface area contributed by atoms with Gasteiger partial charge in [0, 0.05) is 25.8 Å². The summed E-state index contributed by atoms with van der Waals surface area (Å²) in [5, 5.41) is 8.78. The van der Waals surface area contributed by atoms with E-state index in [1.54, 1.807) is 11.9 Å². The van der Waals surface area contributed by atoms with Crippen molar-refractivity contribution in [3.63, 3.8) is 0 Å². The summed E-state index contributed by atoms with van der Waals surface area (Å²) in [7, 11) is 1.80. The SMILES string of the molecule is CN1CCN(c2ccc(CC(N)C(=O)O)cc2)CC1=O. The molecule has 1 aromatic carbocycles. The van der Waals surface area contributed by atoms with Gasteiger partial charge in [-0.2, -0.15) is 0 Å².